The number of nitrogens with zero attached hydrogens (tertiary/aromatic N) is 4. The predicted molar refractivity (Wildman–Crippen MR) is 131 cm³/mol. The number of fused-ring (bicyclic) bond motifs is 1. The van der Waals surface area contributed by atoms with Crippen molar-refractivity contribution in [3.63, 3.8) is 0 Å². The number of H-pyrrole nitrogens is 1. The Balaban J connectivity index is 1.30. The number of nitrogens with one attached hydrogen (secondary N) is 1. The van der Waals surface area contributed by atoms with Gasteiger partial charge in [0.15, 0.2) is 0 Å². The highest BCUT2D eigenvalue weighted by Gasteiger charge is 2.32. The molecule has 2 aromatic carbocycles. The molecule has 188 valence electrons. The van der Waals surface area contributed by atoms with E-state index in [-0.39, 0.29) is 11.9 Å². The number of carbonyl (C=O) groups excluding carboxylic acids is 1. The Morgan fingerprint density at radius 2 is 1.89 bits per heavy atom. The summed E-state index contributed by atoms with van der Waals surface area (Å²) in [5, 5.41) is 7.21. The van der Waals surface area contributed by atoms with Gasteiger partial charge in [-0.15, -0.1) is 0 Å². The highest BCUT2D eigenvalue weighted by molar-refractivity contribution is 5.78. The molecule has 1 saturated heterocycles. The summed E-state index contributed by atoms with van der Waals surface area (Å²) < 4.78 is 41.1. The molecule has 4 aromatic rings. The molecule has 36 heavy (non-hydrogen) atoms. The number of alkyl halides is 3. The smallest absolute Gasteiger partial charge is 0.334 e. The maximum Gasteiger partial charge on any atom is 0.416 e. The molecule has 1 unspecified atom stereocenters. The fourth-order valence-corrected chi connectivity index (χ4v) is 5.16. The molecular weight excluding hydrogens is 467 g/mol. The Labute approximate surface area is 207 Å². The summed E-state index contributed by atoms with van der Waals surface area (Å²) in [4.78, 5) is 19.8. The summed E-state index contributed by atoms with van der Waals surface area (Å²) in [6, 6.07) is 12.9. The lowest BCUT2D eigenvalue weighted by molar-refractivity contribution is -0.137. The summed E-state index contributed by atoms with van der Waals surface area (Å²) in [6.07, 6.45) is 1.03. The van der Waals surface area contributed by atoms with E-state index in [2.05, 4.69) is 19.7 Å². The number of piperidine rings is 1. The minimum absolute atomic E-state index is 0.0785. The number of para-hydroxylation sites is 2. The Morgan fingerprint density at radius 3 is 2.67 bits per heavy atom. The summed E-state index contributed by atoms with van der Waals surface area (Å²) in [6.45, 7) is 3.34. The SMILES string of the molecule is Cc1nc2ccccc2n1CCCC(=O)N1CCCCC1c1[nH]ncc1-c1ccc(C(F)(F)F)cc1. The Hall–Kier alpha value is -3.62. The number of imidazole rings is 1. The first-order valence-electron chi connectivity index (χ1n) is 12.2. The third kappa shape index (κ3) is 4.74. The third-order valence-electron chi connectivity index (χ3n) is 6.97. The first-order valence-corrected chi connectivity index (χ1v) is 12.2. The quantitative estimate of drug-likeness (QED) is 0.342. The van der Waals surface area contributed by atoms with Gasteiger partial charge in [0, 0.05) is 25.1 Å². The van der Waals surface area contributed by atoms with Gasteiger partial charge in [-0.05, 0) is 62.4 Å². The van der Waals surface area contributed by atoms with Gasteiger partial charge in [0.25, 0.3) is 0 Å². The zero-order valence-electron chi connectivity index (χ0n) is 20.1. The van der Waals surface area contributed by atoms with Crippen molar-refractivity contribution >= 4 is 16.9 Å². The number of amides is 1. The average Bonchev–Trinajstić information content (AvgIpc) is 3.48. The standard InChI is InChI=1S/C27H28F3N5O/c1-18-32-22-7-2-3-8-23(22)34(18)16-6-10-25(36)35-15-5-4-9-24(35)26-21(17-31-33-26)19-11-13-20(14-12-19)27(28,29)30/h2-3,7-8,11-14,17,24H,4-6,9-10,15-16H2,1H3,(H,31,33). The van der Waals surface area contributed by atoms with Crippen LogP contribution in [-0.2, 0) is 17.5 Å². The maximum atomic E-state index is 13.3. The molecule has 0 bridgehead atoms. The lowest BCUT2D eigenvalue weighted by Gasteiger charge is -2.36. The van der Waals surface area contributed by atoms with Crippen LogP contribution < -0.4 is 0 Å². The normalized spacial score (nSPS) is 16.6. The molecule has 1 N–H and O–H groups in total. The van der Waals surface area contributed by atoms with E-state index in [1.807, 2.05) is 36.1 Å². The van der Waals surface area contributed by atoms with Crippen LogP contribution in [-0.4, -0.2) is 37.1 Å². The first kappa shape index (κ1) is 24.1. The van der Waals surface area contributed by atoms with Crippen LogP contribution in [0.1, 0.15) is 55.2 Å². The summed E-state index contributed by atoms with van der Waals surface area (Å²) in [5.41, 5.74) is 3.48. The van der Waals surface area contributed by atoms with Gasteiger partial charge in [-0.25, -0.2) is 4.98 Å². The number of hydrogen-bond acceptors (Lipinski definition) is 3. The highest BCUT2D eigenvalue weighted by atomic mass is 19.4. The number of aryl methyl sites for hydroxylation is 2. The Bertz CT molecular complexity index is 1360. The number of halogens is 3. The average molecular weight is 496 g/mol. The fourth-order valence-electron chi connectivity index (χ4n) is 5.16. The number of rotatable bonds is 6. The molecule has 1 amide bonds. The molecule has 1 atom stereocenters. The number of aromatic amines is 1. The number of likely N-dealkylation sites (tertiary alicyclic amines) is 1. The number of benzene rings is 2. The summed E-state index contributed by atoms with van der Waals surface area (Å²) >= 11 is 0. The highest BCUT2D eigenvalue weighted by Crippen LogP contribution is 2.37. The fraction of sp³-hybridized carbons (Fsp3) is 0.370. The maximum absolute atomic E-state index is 13.3. The zero-order chi connectivity index (χ0) is 25.3. The van der Waals surface area contributed by atoms with Gasteiger partial charge in [-0.1, -0.05) is 24.3 Å². The van der Waals surface area contributed by atoms with Gasteiger partial charge in [0.1, 0.15) is 5.82 Å². The molecule has 3 heterocycles. The van der Waals surface area contributed by atoms with Crippen molar-refractivity contribution in [2.45, 2.75) is 57.8 Å². The number of carbonyl (C=O) groups is 1. The lowest BCUT2D eigenvalue weighted by atomic mass is 9.94. The zero-order valence-corrected chi connectivity index (χ0v) is 20.1. The van der Waals surface area contributed by atoms with Crippen LogP contribution in [0.4, 0.5) is 13.2 Å². The minimum atomic E-state index is -4.38. The van der Waals surface area contributed by atoms with Crippen molar-refractivity contribution in [3.8, 4) is 11.1 Å². The van der Waals surface area contributed by atoms with Crippen LogP contribution in [0.3, 0.4) is 0 Å². The van der Waals surface area contributed by atoms with E-state index in [0.29, 0.717) is 31.5 Å². The molecule has 1 aliphatic rings. The molecule has 5 rings (SSSR count). The second kappa shape index (κ2) is 9.79. The molecule has 0 radical (unpaired) electrons. The van der Waals surface area contributed by atoms with Crippen LogP contribution in [0.25, 0.3) is 22.2 Å². The molecule has 6 nitrogen and oxygen atoms in total. The molecule has 0 aliphatic carbocycles. The van der Waals surface area contributed by atoms with Crippen molar-refractivity contribution in [1.29, 1.82) is 0 Å². The van der Waals surface area contributed by atoms with E-state index >= 15 is 0 Å². The van der Waals surface area contributed by atoms with Crippen molar-refractivity contribution in [3.05, 3.63) is 71.8 Å². The van der Waals surface area contributed by atoms with Gasteiger partial charge < -0.3 is 9.47 Å². The van der Waals surface area contributed by atoms with E-state index in [1.54, 1.807) is 6.20 Å². The van der Waals surface area contributed by atoms with Gasteiger partial charge in [0.2, 0.25) is 5.91 Å². The van der Waals surface area contributed by atoms with Crippen molar-refractivity contribution in [1.82, 2.24) is 24.6 Å². The molecular formula is C27H28F3N5O. The summed E-state index contributed by atoms with van der Waals surface area (Å²) in [7, 11) is 0. The second-order valence-electron chi connectivity index (χ2n) is 9.27. The van der Waals surface area contributed by atoms with E-state index in [9.17, 15) is 18.0 Å². The molecule has 1 aliphatic heterocycles. The van der Waals surface area contributed by atoms with E-state index in [0.717, 1.165) is 59.5 Å². The topological polar surface area (TPSA) is 66.8 Å². The van der Waals surface area contributed by atoms with Gasteiger partial charge in [-0.2, -0.15) is 18.3 Å². The molecule has 0 saturated carbocycles. The summed E-state index contributed by atoms with van der Waals surface area (Å²) in [5.74, 6) is 1.01. The Kier molecular flexibility index (Phi) is 6.55. The molecule has 0 spiro atoms. The van der Waals surface area contributed by atoms with E-state index in [4.69, 9.17) is 0 Å². The van der Waals surface area contributed by atoms with Gasteiger partial charge in [0.05, 0.1) is 34.5 Å². The van der Waals surface area contributed by atoms with Crippen LogP contribution in [0.5, 0.6) is 0 Å². The van der Waals surface area contributed by atoms with Crippen LogP contribution in [0, 0.1) is 6.92 Å². The Morgan fingerprint density at radius 1 is 1.11 bits per heavy atom. The second-order valence-corrected chi connectivity index (χ2v) is 9.27. The first-order chi connectivity index (χ1) is 17.3. The minimum Gasteiger partial charge on any atom is -0.334 e. The van der Waals surface area contributed by atoms with Crippen molar-refractivity contribution in [2.75, 3.05) is 6.54 Å². The third-order valence-corrected chi connectivity index (χ3v) is 6.97. The van der Waals surface area contributed by atoms with Crippen LogP contribution in [0.15, 0.2) is 54.7 Å². The van der Waals surface area contributed by atoms with Crippen molar-refractivity contribution < 1.29 is 18.0 Å². The predicted octanol–water partition coefficient (Wildman–Crippen LogP) is 6.29. The van der Waals surface area contributed by atoms with E-state index in [1.165, 1.54) is 12.1 Å². The van der Waals surface area contributed by atoms with Crippen LogP contribution >= 0.6 is 0 Å². The lowest BCUT2D eigenvalue weighted by Crippen LogP contribution is -2.38. The number of aromatic nitrogens is 4. The van der Waals surface area contributed by atoms with Crippen LogP contribution in [0.2, 0.25) is 0 Å². The van der Waals surface area contributed by atoms with Crippen molar-refractivity contribution in [2.24, 2.45) is 0 Å². The molecule has 9 heteroatoms. The van der Waals surface area contributed by atoms with Gasteiger partial charge >= 0.3 is 6.18 Å². The number of hydrogen-bond donors (Lipinski definition) is 1. The molecule has 2 aromatic heterocycles. The van der Waals surface area contributed by atoms with Gasteiger partial charge in [-0.3, -0.25) is 9.89 Å². The molecule has 1 fully saturated rings. The monoisotopic (exact) mass is 495 g/mol. The van der Waals surface area contributed by atoms with E-state index < -0.39 is 11.7 Å². The largest absolute Gasteiger partial charge is 0.416 e.